The summed E-state index contributed by atoms with van der Waals surface area (Å²) in [6.45, 7) is 7.49. The number of benzene rings is 1. The number of halogens is 1. The van der Waals surface area contributed by atoms with Crippen molar-refractivity contribution in [2.75, 3.05) is 18.0 Å². The maximum atomic E-state index is 13.3. The highest BCUT2D eigenvalue weighted by Crippen LogP contribution is 2.33. The summed E-state index contributed by atoms with van der Waals surface area (Å²) in [5.41, 5.74) is 5.46. The number of hydrogen-bond donors (Lipinski definition) is 1. The molecule has 1 atom stereocenters. The van der Waals surface area contributed by atoms with Gasteiger partial charge in [-0.3, -0.25) is 0 Å². The predicted molar refractivity (Wildman–Crippen MR) is 100 cm³/mol. The fraction of sp³-hybridized carbons (Fsp3) is 0.400. The van der Waals surface area contributed by atoms with Crippen molar-refractivity contribution in [1.82, 2.24) is 14.6 Å². The molecule has 26 heavy (non-hydrogen) atoms. The molecular weight excluding hydrogens is 331 g/mol. The Kier molecular flexibility index (Phi) is 4.15. The number of anilines is 1. The zero-order chi connectivity index (χ0) is 18.4. The highest BCUT2D eigenvalue weighted by molar-refractivity contribution is 5.81. The van der Waals surface area contributed by atoms with Crippen molar-refractivity contribution >= 4 is 11.5 Å². The highest BCUT2D eigenvalue weighted by atomic mass is 19.1. The minimum atomic E-state index is -0.320. The van der Waals surface area contributed by atoms with E-state index in [0.29, 0.717) is 6.54 Å². The third kappa shape index (κ3) is 2.74. The van der Waals surface area contributed by atoms with Crippen LogP contribution in [-0.2, 0) is 0 Å². The molecule has 0 aliphatic carbocycles. The first kappa shape index (κ1) is 17.0. The molecule has 0 radical (unpaired) electrons. The summed E-state index contributed by atoms with van der Waals surface area (Å²) < 4.78 is 15.2. The molecule has 3 aromatic rings. The molecule has 0 spiro atoms. The third-order valence-electron chi connectivity index (χ3n) is 5.22. The largest absolute Gasteiger partial charge is 0.391 e. The van der Waals surface area contributed by atoms with E-state index in [1.807, 2.05) is 25.3 Å². The Morgan fingerprint density at radius 2 is 1.85 bits per heavy atom. The van der Waals surface area contributed by atoms with Crippen molar-refractivity contribution in [2.24, 2.45) is 0 Å². The van der Waals surface area contributed by atoms with Crippen LogP contribution < -0.4 is 4.90 Å². The molecule has 136 valence electrons. The second kappa shape index (κ2) is 6.36. The molecule has 6 heteroatoms. The van der Waals surface area contributed by atoms with Gasteiger partial charge in [0.1, 0.15) is 11.6 Å². The average molecular weight is 354 g/mol. The molecule has 0 amide bonds. The monoisotopic (exact) mass is 354 g/mol. The van der Waals surface area contributed by atoms with Crippen LogP contribution in [0.1, 0.15) is 29.8 Å². The van der Waals surface area contributed by atoms with Crippen LogP contribution in [0.15, 0.2) is 24.3 Å². The van der Waals surface area contributed by atoms with Crippen LogP contribution in [0.3, 0.4) is 0 Å². The average Bonchev–Trinajstić information content (AvgIpc) is 2.92. The Labute approximate surface area is 152 Å². The lowest BCUT2D eigenvalue weighted by Gasteiger charge is -2.33. The smallest absolute Gasteiger partial charge is 0.165 e. The van der Waals surface area contributed by atoms with Crippen molar-refractivity contribution in [2.45, 2.75) is 39.7 Å². The topological polar surface area (TPSA) is 53.7 Å². The van der Waals surface area contributed by atoms with Gasteiger partial charge in [0.15, 0.2) is 5.65 Å². The molecule has 1 aliphatic heterocycles. The number of aliphatic hydroxyl groups excluding tert-OH is 1. The lowest BCUT2D eigenvalue weighted by atomic mass is 10.1. The number of aryl methyl sites for hydroxylation is 2. The van der Waals surface area contributed by atoms with Crippen LogP contribution in [0.5, 0.6) is 0 Å². The molecule has 3 heterocycles. The van der Waals surface area contributed by atoms with Crippen molar-refractivity contribution in [3.63, 3.8) is 0 Å². The van der Waals surface area contributed by atoms with Gasteiger partial charge in [0.05, 0.1) is 11.8 Å². The van der Waals surface area contributed by atoms with Gasteiger partial charge >= 0.3 is 0 Å². The van der Waals surface area contributed by atoms with E-state index in [1.54, 1.807) is 12.1 Å². The fourth-order valence-electron chi connectivity index (χ4n) is 3.80. The summed E-state index contributed by atoms with van der Waals surface area (Å²) in [6, 6.07) is 6.45. The van der Waals surface area contributed by atoms with Gasteiger partial charge in [-0.05, 0) is 51.3 Å². The van der Waals surface area contributed by atoms with Crippen LogP contribution in [0.4, 0.5) is 10.2 Å². The third-order valence-corrected chi connectivity index (χ3v) is 5.22. The van der Waals surface area contributed by atoms with Crippen LogP contribution in [0.2, 0.25) is 0 Å². The van der Waals surface area contributed by atoms with Crippen molar-refractivity contribution in [3.05, 3.63) is 47.0 Å². The fourth-order valence-corrected chi connectivity index (χ4v) is 3.80. The van der Waals surface area contributed by atoms with Crippen molar-refractivity contribution in [1.29, 1.82) is 0 Å². The Morgan fingerprint density at radius 3 is 2.54 bits per heavy atom. The van der Waals surface area contributed by atoms with E-state index in [-0.39, 0.29) is 11.9 Å². The summed E-state index contributed by atoms with van der Waals surface area (Å²) in [7, 11) is 0. The molecule has 1 aromatic carbocycles. The number of piperidine rings is 1. The number of rotatable bonds is 2. The highest BCUT2D eigenvalue weighted by Gasteiger charge is 2.25. The number of aromatic nitrogens is 3. The van der Waals surface area contributed by atoms with E-state index in [1.165, 1.54) is 12.1 Å². The maximum absolute atomic E-state index is 13.3. The molecule has 1 saturated heterocycles. The summed E-state index contributed by atoms with van der Waals surface area (Å²) >= 11 is 0. The number of fused-ring (bicyclic) bond motifs is 1. The summed E-state index contributed by atoms with van der Waals surface area (Å²) in [5.74, 6) is 0.730. The van der Waals surface area contributed by atoms with Crippen LogP contribution in [0.25, 0.3) is 16.8 Å². The number of aliphatic hydroxyl groups is 1. The van der Waals surface area contributed by atoms with Gasteiger partial charge in [0.2, 0.25) is 0 Å². The molecular formula is C20H23FN4O. The van der Waals surface area contributed by atoms with E-state index in [0.717, 1.165) is 58.9 Å². The minimum Gasteiger partial charge on any atom is -0.391 e. The molecule has 1 fully saturated rings. The second-order valence-electron chi connectivity index (χ2n) is 7.09. The Balaban J connectivity index is 1.94. The molecule has 1 aliphatic rings. The van der Waals surface area contributed by atoms with E-state index in [9.17, 15) is 9.50 Å². The predicted octanol–water partition coefficient (Wildman–Crippen LogP) is 3.42. The van der Waals surface area contributed by atoms with Crippen LogP contribution in [-0.4, -0.2) is 38.9 Å². The zero-order valence-electron chi connectivity index (χ0n) is 15.3. The molecule has 2 aromatic heterocycles. The molecule has 0 saturated carbocycles. The van der Waals surface area contributed by atoms with Gasteiger partial charge in [-0.15, -0.1) is 0 Å². The first-order chi connectivity index (χ1) is 12.5. The SMILES string of the molecule is Cc1nc2c(-c3ccc(F)cc3)c(C)nn2c(N2CCCC(O)C2)c1C. The lowest BCUT2D eigenvalue weighted by molar-refractivity contribution is 0.153. The van der Waals surface area contributed by atoms with Gasteiger partial charge < -0.3 is 10.0 Å². The summed E-state index contributed by atoms with van der Waals surface area (Å²) in [4.78, 5) is 6.99. The number of nitrogens with zero attached hydrogens (tertiary/aromatic N) is 4. The van der Waals surface area contributed by atoms with E-state index < -0.39 is 0 Å². The number of hydrogen-bond acceptors (Lipinski definition) is 4. The second-order valence-corrected chi connectivity index (χ2v) is 7.09. The Bertz CT molecular complexity index is 964. The number of β-amino-alcohol motifs (C(OH)–C–C–N with tert-alkyl or cyclic N) is 1. The minimum absolute atomic E-state index is 0.258. The van der Waals surface area contributed by atoms with Crippen LogP contribution >= 0.6 is 0 Å². The summed E-state index contributed by atoms with van der Waals surface area (Å²) in [5, 5.41) is 14.9. The van der Waals surface area contributed by atoms with Crippen LogP contribution in [0, 0.1) is 26.6 Å². The van der Waals surface area contributed by atoms with E-state index in [2.05, 4.69) is 4.90 Å². The zero-order valence-corrected chi connectivity index (χ0v) is 15.3. The maximum Gasteiger partial charge on any atom is 0.165 e. The molecule has 4 rings (SSSR count). The Morgan fingerprint density at radius 1 is 1.12 bits per heavy atom. The Hall–Kier alpha value is -2.47. The van der Waals surface area contributed by atoms with Gasteiger partial charge in [0.25, 0.3) is 0 Å². The normalized spacial score (nSPS) is 17.9. The van der Waals surface area contributed by atoms with E-state index in [4.69, 9.17) is 10.1 Å². The first-order valence-corrected chi connectivity index (χ1v) is 9.01. The standard InChI is InChI=1S/C20H23FN4O/c1-12-13(2)22-19-18(15-6-8-16(21)9-7-15)14(3)23-25(19)20(12)24-10-4-5-17(26)11-24/h6-9,17,26H,4-5,10-11H2,1-3H3. The molecule has 5 nitrogen and oxygen atoms in total. The van der Waals surface area contributed by atoms with Gasteiger partial charge in [-0.25, -0.2) is 9.37 Å². The molecule has 1 N–H and O–H groups in total. The first-order valence-electron chi connectivity index (χ1n) is 9.01. The van der Waals surface area contributed by atoms with Gasteiger partial charge in [0, 0.05) is 29.9 Å². The molecule has 0 bridgehead atoms. The van der Waals surface area contributed by atoms with Crippen molar-refractivity contribution < 1.29 is 9.50 Å². The quantitative estimate of drug-likeness (QED) is 0.766. The molecule has 1 unspecified atom stereocenters. The van der Waals surface area contributed by atoms with E-state index >= 15 is 0 Å². The lowest BCUT2D eigenvalue weighted by Crippen LogP contribution is -2.40. The van der Waals surface area contributed by atoms with Crippen molar-refractivity contribution in [3.8, 4) is 11.1 Å². The van der Waals surface area contributed by atoms with Gasteiger partial charge in [-0.2, -0.15) is 9.61 Å². The summed E-state index contributed by atoms with van der Waals surface area (Å²) in [6.07, 6.45) is 1.47. The van der Waals surface area contributed by atoms with Gasteiger partial charge in [-0.1, -0.05) is 12.1 Å².